The number of nitrogens with one attached hydrogen (secondary N) is 2. The van der Waals surface area contributed by atoms with Crippen molar-refractivity contribution < 1.29 is 4.79 Å². The lowest BCUT2D eigenvalue weighted by atomic mass is 10.1. The summed E-state index contributed by atoms with van der Waals surface area (Å²) in [6.45, 7) is 0.424. The van der Waals surface area contributed by atoms with E-state index in [1.165, 1.54) is 9.13 Å². The fraction of sp³-hybridized carbons (Fsp3) is 0.148. The molecule has 2 heterocycles. The second kappa shape index (κ2) is 9.64. The summed E-state index contributed by atoms with van der Waals surface area (Å²) in [7, 11) is 0. The van der Waals surface area contributed by atoms with Gasteiger partial charge >= 0.3 is 11.1 Å². The van der Waals surface area contributed by atoms with Gasteiger partial charge in [-0.2, -0.15) is 0 Å². The molecule has 176 valence electrons. The average Bonchev–Trinajstić information content (AvgIpc) is 3.27. The molecule has 5 aromatic rings. The number of fused-ring (bicyclic) bond motifs is 2. The molecule has 2 aromatic heterocycles. The number of hydrogen-bond acceptors (Lipinski definition) is 3. The number of hydrogen-bond donors (Lipinski definition) is 2. The molecule has 35 heavy (non-hydrogen) atoms. The summed E-state index contributed by atoms with van der Waals surface area (Å²) >= 11 is 6.11. The molecule has 0 saturated carbocycles. The van der Waals surface area contributed by atoms with Gasteiger partial charge in [-0.05, 0) is 47.9 Å². The SMILES string of the molecule is O=C(Cn1c(=O)c(=O)n(Cc2ccccc2)c2ccccc21)NCCc1c[nH]c2ccc(Cl)cc12. The summed E-state index contributed by atoms with van der Waals surface area (Å²) in [5, 5.41) is 4.52. The monoisotopic (exact) mass is 486 g/mol. The summed E-state index contributed by atoms with van der Waals surface area (Å²) in [5.41, 5.74) is 2.68. The summed E-state index contributed by atoms with van der Waals surface area (Å²) in [6.07, 6.45) is 2.50. The first-order valence-corrected chi connectivity index (χ1v) is 11.7. The van der Waals surface area contributed by atoms with Crippen molar-refractivity contribution in [1.82, 2.24) is 19.4 Å². The van der Waals surface area contributed by atoms with E-state index in [2.05, 4.69) is 10.3 Å². The van der Waals surface area contributed by atoms with E-state index in [0.29, 0.717) is 29.0 Å². The highest BCUT2D eigenvalue weighted by molar-refractivity contribution is 6.31. The number of halogens is 1. The van der Waals surface area contributed by atoms with E-state index in [1.54, 1.807) is 18.2 Å². The Balaban J connectivity index is 1.36. The maximum Gasteiger partial charge on any atom is 0.317 e. The van der Waals surface area contributed by atoms with Crippen molar-refractivity contribution in [2.45, 2.75) is 19.5 Å². The molecule has 1 amide bonds. The van der Waals surface area contributed by atoms with E-state index in [9.17, 15) is 14.4 Å². The zero-order valence-corrected chi connectivity index (χ0v) is 19.6. The lowest BCUT2D eigenvalue weighted by Gasteiger charge is -2.15. The number of H-pyrrole nitrogens is 1. The Bertz CT molecular complexity index is 1650. The van der Waals surface area contributed by atoms with Crippen LogP contribution in [0.5, 0.6) is 0 Å². The molecule has 7 nitrogen and oxygen atoms in total. The average molecular weight is 487 g/mol. The molecule has 0 aliphatic heterocycles. The van der Waals surface area contributed by atoms with Gasteiger partial charge in [0.25, 0.3) is 0 Å². The first kappa shape index (κ1) is 22.7. The molecule has 3 aromatic carbocycles. The quantitative estimate of drug-likeness (QED) is 0.344. The van der Waals surface area contributed by atoms with Crippen LogP contribution < -0.4 is 16.4 Å². The Labute approximate surface area is 205 Å². The Morgan fingerprint density at radius 1 is 0.886 bits per heavy atom. The third kappa shape index (κ3) is 4.63. The summed E-state index contributed by atoms with van der Waals surface area (Å²) in [6, 6.07) is 22.2. The number of aromatic amines is 1. The molecule has 0 aliphatic carbocycles. The number of amides is 1. The summed E-state index contributed by atoms with van der Waals surface area (Å²) in [5.74, 6) is -0.338. The molecular formula is C27H23ClN4O3. The van der Waals surface area contributed by atoms with Gasteiger partial charge in [-0.25, -0.2) is 0 Å². The lowest BCUT2D eigenvalue weighted by Crippen LogP contribution is -2.44. The van der Waals surface area contributed by atoms with Crippen molar-refractivity contribution in [1.29, 1.82) is 0 Å². The van der Waals surface area contributed by atoms with E-state index in [0.717, 1.165) is 22.0 Å². The molecule has 2 N–H and O–H groups in total. The molecule has 0 aliphatic rings. The Morgan fingerprint density at radius 2 is 1.57 bits per heavy atom. The van der Waals surface area contributed by atoms with Crippen molar-refractivity contribution in [3.05, 3.63) is 116 Å². The number of rotatable bonds is 7. The third-order valence-electron chi connectivity index (χ3n) is 6.07. The second-order valence-corrected chi connectivity index (χ2v) is 8.80. The van der Waals surface area contributed by atoms with E-state index in [-0.39, 0.29) is 19.0 Å². The molecule has 0 radical (unpaired) electrons. The number of carbonyl (C=O) groups excluding carboxylic acids is 1. The van der Waals surface area contributed by atoms with Gasteiger partial charge in [0, 0.05) is 28.7 Å². The highest BCUT2D eigenvalue weighted by atomic mass is 35.5. The van der Waals surface area contributed by atoms with Crippen LogP contribution in [-0.4, -0.2) is 26.6 Å². The van der Waals surface area contributed by atoms with Gasteiger partial charge in [0.05, 0.1) is 17.6 Å². The second-order valence-electron chi connectivity index (χ2n) is 8.36. The predicted octanol–water partition coefficient (Wildman–Crippen LogP) is 3.71. The van der Waals surface area contributed by atoms with E-state index in [1.807, 2.05) is 60.8 Å². The van der Waals surface area contributed by atoms with Crippen LogP contribution in [0.1, 0.15) is 11.1 Å². The molecule has 0 fully saturated rings. The van der Waals surface area contributed by atoms with Gasteiger partial charge in [0.15, 0.2) is 0 Å². The molecule has 0 atom stereocenters. The zero-order chi connectivity index (χ0) is 24.4. The Kier molecular flexibility index (Phi) is 6.25. The normalized spacial score (nSPS) is 11.2. The largest absolute Gasteiger partial charge is 0.361 e. The first-order chi connectivity index (χ1) is 17.0. The van der Waals surface area contributed by atoms with Crippen molar-refractivity contribution in [3.63, 3.8) is 0 Å². The van der Waals surface area contributed by atoms with Gasteiger partial charge in [0.2, 0.25) is 5.91 Å². The summed E-state index contributed by atoms with van der Waals surface area (Å²) in [4.78, 5) is 41.9. The van der Waals surface area contributed by atoms with Crippen LogP contribution >= 0.6 is 11.6 Å². The fourth-order valence-electron chi connectivity index (χ4n) is 4.34. The van der Waals surface area contributed by atoms with Crippen LogP contribution in [0.25, 0.3) is 21.9 Å². The minimum absolute atomic E-state index is 0.236. The topological polar surface area (TPSA) is 88.9 Å². The van der Waals surface area contributed by atoms with Gasteiger partial charge in [-0.15, -0.1) is 0 Å². The number of carbonyl (C=O) groups is 1. The number of benzene rings is 3. The van der Waals surface area contributed by atoms with Crippen LogP contribution in [0.15, 0.2) is 88.6 Å². The van der Waals surface area contributed by atoms with Gasteiger partial charge < -0.3 is 10.3 Å². The van der Waals surface area contributed by atoms with Crippen molar-refractivity contribution in [2.75, 3.05) is 6.54 Å². The van der Waals surface area contributed by atoms with Gasteiger partial charge in [0.1, 0.15) is 6.54 Å². The van der Waals surface area contributed by atoms with E-state index >= 15 is 0 Å². The third-order valence-corrected chi connectivity index (χ3v) is 6.30. The minimum Gasteiger partial charge on any atom is -0.361 e. The van der Waals surface area contributed by atoms with Crippen molar-refractivity contribution in [3.8, 4) is 0 Å². The van der Waals surface area contributed by atoms with Gasteiger partial charge in [-0.3, -0.25) is 23.5 Å². The molecule has 0 bridgehead atoms. The molecule has 0 saturated heterocycles. The minimum atomic E-state index is -0.721. The highest BCUT2D eigenvalue weighted by Gasteiger charge is 2.15. The maximum absolute atomic E-state index is 13.0. The zero-order valence-electron chi connectivity index (χ0n) is 18.8. The first-order valence-electron chi connectivity index (χ1n) is 11.3. The van der Waals surface area contributed by atoms with Crippen LogP contribution in [-0.2, 0) is 24.3 Å². The highest BCUT2D eigenvalue weighted by Crippen LogP contribution is 2.22. The number of nitrogens with zero attached hydrogens (tertiary/aromatic N) is 2. The van der Waals surface area contributed by atoms with Crippen LogP contribution in [0.4, 0.5) is 0 Å². The Morgan fingerprint density at radius 3 is 2.34 bits per heavy atom. The molecule has 5 rings (SSSR count). The van der Waals surface area contributed by atoms with Crippen molar-refractivity contribution in [2.24, 2.45) is 0 Å². The maximum atomic E-state index is 13.0. The molecule has 0 spiro atoms. The van der Waals surface area contributed by atoms with Crippen molar-refractivity contribution >= 4 is 39.4 Å². The molecule has 8 heteroatoms. The lowest BCUT2D eigenvalue weighted by molar-refractivity contribution is -0.121. The summed E-state index contributed by atoms with van der Waals surface area (Å²) < 4.78 is 2.71. The van der Waals surface area contributed by atoms with Gasteiger partial charge in [-0.1, -0.05) is 54.1 Å². The van der Waals surface area contributed by atoms with Crippen LogP contribution in [0.2, 0.25) is 5.02 Å². The number of aromatic nitrogens is 3. The van der Waals surface area contributed by atoms with Crippen LogP contribution in [0, 0.1) is 0 Å². The van der Waals surface area contributed by atoms with E-state index in [4.69, 9.17) is 11.6 Å². The molecular weight excluding hydrogens is 464 g/mol. The standard InChI is InChI=1S/C27H23ClN4O3/c28-20-10-11-22-21(14-20)19(15-30-22)12-13-29-25(33)17-32-24-9-5-4-8-23(24)31(26(34)27(32)35)16-18-6-2-1-3-7-18/h1-11,14-15,30H,12-13,16-17H2,(H,29,33). The Hall–Kier alpha value is -4.10. The predicted molar refractivity (Wildman–Crippen MR) is 138 cm³/mol. The fourth-order valence-corrected chi connectivity index (χ4v) is 4.52. The molecule has 0 unspecified atom stereocenters. The number of para-hydroxylation sites is 2. The van der Waals surface area contributed by atoms with Crippen LogP contribution in [0.3, 0.4) is 0 Å². The van der Waals surface area contributed by atoms with E-state index < -0.39 is 11.1 Å². The smallest absolute Gasteiger partial charge is 0.317 e.